The third kappa shape index (κ3) is 5.95. The van der Waals surface area contributed by atoms with Crippen LogP contribution in [-0.2, 0) is 11.2 Å². The van der Waals surface area contributed by atoms with E-state index in [0.717, 1.165) is 44.9 Å². The molecule has 0 aliphatic carbocycles. The quantitative estimate of drug-likeness (QED) is 0.655. The first-order valence-corrected chi connectivity index (χ1v) is 9.81. The number of benzene rings is 1. The van der Waals surface area contributed by atoms with Gasteiger partial charge in [-0.15, -0.1) is 0 Å². The number of nitrogens with zero attached hydrogens (tertiary/aromatic N) is 4. The first kappa shape index (κ1) is 20.1. The van der Waals surface area contributed by atoms with Gasteiger partial charge in [0, 0.05) is 51.3 Å². The Morgan fingerprint density at radius 1 is 1.21 bits per heavy atom. The zero-order valence-electron chi connectivity index (χ0n) is 16.7. The third-order valence-corrected chi connectivity index (χ3v) is 4.92. The molecule has 1 aliphatic rings. The van der Waals surface area contributed by atoms with Crippen molar-refractivity contribution in [1.82, 2.24) is 20.4 Å². The highest BCUT2D eigenvalue weighted by molar-refractivity contribution is 5.75. The number of anilines is 1. The number of ether oxygens (including phenoxy) is 1. The minimum atomic E-state index is 0.0279. The number of aromatic nitrogens is 2. The van der Waals surface area contributed by atoms with Crippen molar-refractivity contribution in [2.24, 2.45) is 0 Å². The molecule has 152 valence electrons. The second-order valence-electron chi connectivity index (χ2n) is 6.97. The topological polar surface area (TPSA) is 83.7 Å². The summed E-state index contributed by atoms with van der Waals surface area (Å²) < 4.78 is 10.2. The number of amides is 1. The average molecular weight is 387 g/mol. The standard InChI is InChI=1S/C20H29N5O3/c1-16-22-20(28-23-16)9-8-19(26)21-10-3-11-24-12-14-25(15-13-24)17-4-6-18(27-2)7-5-17/h4-7H,3,8-15H2,1-2H3,(H,21,26). The molecule has 1 fully saturated rings. The van der Waals surface area contributed by atoms with Crippen LogP contribution in [0.2, 0.25) is 0 Å². The summed E-state index contributed by atoms with van der Waals surface area (Å²) in [5, 5.41) is 6.69. The van der Waals surface area contributed by atoms with Crippen molar-refractivity contribution in [3.05, 3.63) is 36.0 Å². The average Bonchev–Trinajstić information content (AvgIpc) is 3.15. The van der Waals surface area contributed by atoms with Gasteiger partial charge in [0.25, 0.3) is 0 Å². The molecular weight excluding hydrogens is 358 g/mol. The molecule has 1 aromatic carbocycles. The highest BCUT2D eigenvalue weighted by Gasteiger charge is 2.17. The van der Waals surface area contributed by atoms with Crippen molar-refractivity contribution in [3.63, 3.8) is 0 Å². The molecule has 0 bridgehead atoms. The first-order valence-electron chi connectivity index (χ1n) is 9.81. The molecule has 0 unspecified atom stereocenters. The SMILES string of the molecule is COc1ccc(N2CCN(CCCNC(=O)CCc3nc(C)no3)CC2)cc1. The summed E-state index contributed by atoms with van der Waals surface area (Å²) in [6.07, 6.45) is 1.82. The van der Waals surface area contributed by atoms with Crippen molar-refractivity contribution >= 4 is 11.6 Å². The molecule has 1 aliphatic heterocycles. The number of piperazine rings is 1. The van der Waals surface area contributed by atoms with Crippen LogP contribution in [0.4, 0.5) is 5.69 Å². The van der Waals surface area contributed by atoms with Crippen LogP contribution >= 0.6 is 0 Å². The Hall–Kier alpha value is -2.61. The molecule has 3 rings (SSSR count). The molecular formula is C20H29N5O3. The van der Waals surface area contributed by atoms with Gasteiger partial charge in [-0.3, -0.25) is 9.69 Å². The maximum absolute atomic E-state index is 11.9. The number of aryl methyl sites for hydroxylation is 2. The summed E-state index contributed by atoms with van der Waals surface area (Å²) >= 11 is 0. The summed E-state index contributed by atoms with van der Waals surface area (Å²) in [4.78, 5) is 20.8. The number of hydrogen-bond donors (Lipinski definition) is 1. The fourth-order valence-corrected chi connectivity index (χ4v) is 3.30. The molecule has 1 amide bonds. The van der Waals surface area contributed by atoms with E-state index in [1.54, 1.807) is 14.0 Å². The van der Waals surface area contributed by atoms with Gasteiger partial charge in [0.15, 0.2) is 5.82 Å². The lowest BCUT2D eigenvalue weighted by Crippen LogP contribution is -2.47. The molecule has 0 saturated carbocycles. The fourth-order valence-electron chi connectivity index (χ4n) is 3.30. The van der Waals surface area contributed by atoms with Gasteiger partial charge < -0.3 is 19.5 Å². The molecule has 28 heavy (non-hydrogen) atoms. The van der Waals surface area contributed by atoms with E-state index in [1.807, 2.05) is 12.1 Å². The Kier molecular flexibility index (Phi) is 7.25. The van der Waals surface area contributed by atoms with Crippen LogP contribution < -0.4 is 15.0 Å². The maximum Gasteiger partial charge on any atom is 0.227 e. The second-order valence-corrected chi connectivity index (χ2v) is 6.97. The monoisotopic (exact) mass is 387 g/mol. The van der Waals surface area contributed by atoms with Crippen LogP contribution in [0.3, 0.4) is 0 Å². The lowest BCUT2D eigenvalue weighted by molar-refractivity contribution is -0.121. The second kappa shape index (κ2) is 10.1. The van der Waals surface area contributed by atoms with Crippen molar-refractivity contribution in [2.45, 2.75) is 26.2 Å². The van der Waals surface area contributed by atoms with Crippen molar-refractivity contribution in [1.29, 1.82) is 0 Å². The summed E-state index contributed by atoms with van der Waals surface area (Å²) in [6.45, 7) is 7.57. The van der Waals surface area contributed by atoms with Crippen LogP contribution in [0, 0.1) is 6.92 Å². The van der Waals surface area contributed by atoms with Crippen LogP contribution in [0.5, 0.6) is 5.75 Å². The number of methoxy groups -OCH3 is 1. The molecule has 0 radical (unpaired) electrons. The van der Waals surface area contributed by atoms with Gasteiger partial charge in [-0.25, -0.2) is 0 Å². The molecule has 1 aromatic heterocycles. The molecule has 2 heterocycles. The Labute approximate surface area is 165 Å². The maximum atomic E-state index is 11.9. The smallest absolute Gasteiger partial charge is 0.227 e. The summed E-state index contributed by atoms with van der Waals surface area (Å²) in [7, 11) is 1.69. The van der Waals surface area contributed by atoms with Gasteiger partial charge in [0.2, 0.25) is 11.8 Å². The molecule has 1 N–H and O–H groups in total. The van der Waals surface area contributed by atoms with Gasteiger partial charge in [-0.1, -0.05) is 5.16 Å². The predicted molar refractivity (Wildman–Crippen MR) is 107 cm³/mol. The minimum absolute atomic E-state index is 0.0279. The molecule has 1 saturated heterocycles. The van der Waals surface area contributed by atoms with Gasteiger partial charge in [-0.05, 0) is 44.2 Å². The van der Waals surface area contributed by atoms with E-state index in [0.29, 0.717) is 31.1 Å². The number of carbonyl (C=O) groups excluding carboxylic acids is 1. The lowest BCUT2D eigenvalue weighted by atomic mass is 10.2. The number of hydrogen-bond acceptors (Lipinski definition) is 7. The van der Waals surface area contributed by atoms with Gasteiger partial charge in [0.05, 0.1) is 7.11 Å². The van der Waals surface area contributed by atoms with Crippen LogP contribution in [-0.4, -0.2) is 67.3 Å². The summed E-state index contributed by atoms with van der Waals surface area (Å²) in [6, 6.07) is 8.23. The molecule has 2 aromatic rings. The lowest BCUT2D eigenvalue weighted by Gasteiger charge is -2.36. The summed E-state index contributed by atoms with van der Waals surface area (Å²) in [5.41, 5.74) is 1.24. The van der Waals surface area contributed by atoms with E-state index in [2.05, 4.69) is 37.4 Å². The van der Waals surface area contributed by atoms with Crippen LogP contribution in [0.15, 0.2) is 28.8 Å². The van der Waals surface area contributed by atoms with E-state index in [1.165, 1.54) is 5.69 Å². The van der Waals surface area contributed by atoms with Crippen LogP contribution in [0.1, 0.15) is 24.6 Å². The van der Waals surface area contributed by atoms with E-state index in [4.69, 9.17) is 9.26 Å². The van der Waals surface area contributed by atoms with Crippen molar-refractivity contribution in [3.8, 4) is 5.75 Å². The molecule has 8 nitrogen and oxygen atoms in total. The zero-order valence-corrected chi connectivity index (χ0v) is 16.7. The minimum Gasteiger partial charge on any atom is -0.497 e. The molecule has 0 atom stereocenters. The number of carbonyl (C=O) groups is 1. The first-order chi connectivity index (χ1) is 13.6. The number of nitrogens with one attached hydrogen (secondary N) is 1. The third-order valence-electron chi connectivity index (χ3n) is 4.92. The zero-order chi connectivity index (χ0) is 19.8. The Morgan fingerprint density at radius 3 is 2.61 bits per heavy atom. The number of rotatable bonds is 9. The Balaban J connectivity index is 1.27. The highest BCUT2D eigenvalue weighted by Crippen LogP contribution is 2.20. The normalized spacial score (nSPS) is 14.9. The highest BCUT2D eigenvalue weighted by atomic mass is 16.5. The molecule has 0 spiro atoms. The van der Waals surface area contributed by atoms with Gasteiger partial charge >= 0.3 is 0 Å². The Bertz CT molecular complexity index is 739. The van der Waals surface area contributed by atoms with Crippen molar-refractivity contribution in [2.75, 3.05) is 51.3 Å². The largest absolute Gasteiger partial charge is 0.497 e. The van der Waals surface area contributed by atoms with Crippen LogP contribution in [0.25, 0.3) is 0 Å². The van der Waals surface area contributed by atoms with Gasteiger partial charge in [-0.2, -0.15) is 4.98 Å². The van der Waals surface area contributed by atoms with E-state index >= 15 is 0 Å². The van der Waals surface area contributed by atoms with E-state index in [-0.39, 0.29) is 5.91 Å². The summed E-state index contributed by atoms with van der Waals surface area (Å²) in [5.74, 6) is 2.03. The van der Waals surface area contributed by atoms with E-state index < -0.39 is 0 Å². The van der Waals surface area contributed by atoms with Gasteiger partial charge in [0.1, 0.15) is 5.75 Å². The van der Waals surface area contributed by atoms with Crippen molar-refractivity contribution < 1.29 is 14.1 Å². The molecule has 8 heteroatoms. The predicted octanol–water partition coefficient (Wildman–Crippen LogP) is 1.65. The fraction of sp³-hybridized carbons (Fsp3) is 0.550. The Morgan fingerprint density at radius 2 is 1.96 bits per heavy atom. The van der Waals surface area contributed by atoms with E-state index in [9.17, 15) is 4.79 Å².